The summed E-state index contributed by atoms with van der Waals surface area (Å²) in [6, 6.07) is 23.6. The summed E-state index contributed by atoms with van der Waals surface area (Å²) in [4.78, 5) is 4.24. The summed E-state index contributed by atoms with van der Waals surface area (Å²) < 4.78 is 2.16. The van der Waals surface area contributed by atoms with Crippen molar-refractivity contribution in [3.05, 3.63) is 138 Å². The van der Waals surface area contributed by atoms with Gasteiger partial charge in [0.15, 0.2) is 0 Å². The molecule has 1 atom stereocenters. The molecule has 1 unspecified atom stereocenters. The molecule has 0 saturated carbocycles. The highest BCUT2D eigenvalue weighted by atomic mass is 35.5. The summed E-state index contributed by atoms with van der Waals surface area (Å²) >= 11 is 40.8. The molecule has 2 aromatic heterocycles. The molecule has 39 heavy (non-hydrogen) atoms. The lowest BCUT2D eigenvalue weighted by Crippen LogP contribution is -2.10. The Morgan fingerprint density at radius 3 is 1.59 bits per heavy atom. The van der Waals surface area contributed by atoms with Crippen molar-refractivity contribution in [2.45, 2.75) is 12.8 Å². The summed E-state index contributed by atoms with van der Waals surface area (Å²) in [5.41, 5.74) is 5.76. The van der Waals surface area contributed by atoms with Crippen LogP contribution < -0.4 is 0 Å². The number of aromatic nitrogens is 2. The van der Waals surface area contributed by atoms with Gasteiger partial charge in [-0.15, -0.1) is 0 Å². The second-order valence-electron chi connectivity index (χ2n) is 9.26. The smallest absolute Gasteiger partial charge is 0.0633 e. The average molecular weight is 631 g/mol. The number of nitrogens with zero attached hydrogens (tertiary/aromatic N) is 2. The van der Waals surface area contributed by atoms with Gasteiger partial charge in [-0.2, -0.15) is 0 Å². The molecule has 0 bridgehead atoms. The van der Waals surface area contributed by atoms with Crippen LogP contribution in [0.25, 0.3) is 27.5 Å². The Kier molecular flexibility index (Phi) is 7.22. The van der Waals surface area contributed by atoms with Gasteiger partial charge in [-0.3, -0.25) is 4.98 Å². The Hall–Kier alpha value is -2.43. The van der Waals surface area contributed by atoms with Crippen molar-refractivity contribution in [2.24, 2.45) is 0 Å². The molecular weight excluding hydrogens is 613 g/mol. The van der Waals surface area contributed by atoms with Crippen LogP contribution in [0.3, 0.4) is 0 Å². The molecular formula is C31H18Cl6N2. The number of rotatable bonds is 4. The van der Waals surface area contributed by atoms with Crippen molar-refractivity contribution in [1.29, 1.82) is 0 Å². The van der Waals surface area contributed by atoms with Crippen LogP contribution in [0.15, 0.2) is 85.2 Å². The Bertz CT molecular complexity index is 1790. The van der Waals surface area contributed by atoms with Gasteiger partial charge < -0.3 is 4.57 Å². The van der Waals surface area contributed by atoms with Crippen LogP contribution in [0.5, 0.6) is 0 Å². The van der Waals surface area contributed by atoms with Crippen molar-refractivity contribution < 1.29 is 0 Å². The standard InChI is InChI=1S/C31H18Cl6N2/c1-16-14-38-15-25(37)28(16)31(29-21(33)10-17(32)11-22(29)34)30-23(35)12-18(13-24(30)36)39-26-8-4-2-6-19(26)20-7-3-5-9-27(20)39/h2-15,31H,1H3. The van der Waals surface area contributed by atoms with E-state index in [0.717, 1.165) is 38.6 Å². The quantitative estimate of drug-likeness (QED) is 0.189. The minimum atomic E-state index is -0.579. The minimum absolute atomic E-state index is 0.378. The first kappa shape index (κ1) is 26.8. The summed E-state index contributed by atoms with van der Waals surface area (Å²) in [6.07, 6.45) is 3.32. The molecule has 6 aromatic rings. The maximum absolute atomic E-state index is 7.12. The normalized spacial score (nSPS) is 12.4. The van der Waals surface area contributed by atoms with Crippen molar-refractivity contribution in [2.75, 3.05) is 0 Å². The van der Waals surface area contributed by atoms with E-state index in [1.165, 1.54) is 0 Å². The Morgan fingerprint density at radius 2 is 1.08 bits per heavy atom. The number of pyridine rings is 1. The molecule has 0 amide bonds. The fourth-order valence-electron chi connectivity index (χ4n) is 5.35. The van der Waals surface area contributed by atoms with Crippen LogP contribution in [0, 0.1) is 6.92 Å². The molecule has 8 heteroatoms. The third-order valence-corrected chi connectivity index (χ3v) is 8.72. The topological polar surface area (TPSA) is 17.8 Å². The molecule has 0 saturated heterocycles. The summed E-state index contributed by atoms with van der Waals surface area (Å²) in [7, 11) is 0. The highest BCUT2D eigenvalue weighted by Crippen LogP contribution is 2.49. The maximum Gasteiger partial charge on any atom is 0.0633 e. The van der Waals surface area contributed by atoms with E-state index in [4.69, 9.17) is 69.6 Å². The molecule has 0 aliphatic rings. The Morgan fingerprint density at radius 1 is 0.590 bits per heavy atom. The van der Waals surface area contributed by atoms with Crippen LogP contribution in [0.2, 0.25) is 30.1 Å². The van der Waals surface area contributed by atoms with E-state index >= 15 is 0 Å². The average Bonchev–Trinajstić information content (AvgIpc) is 3.22. The Labute approximate surface area is 255 Å². The fourth-order valence-corrected chi connectivity index (χ4v) is 7.39. The predicted molar refractivity (Wildman–Crippen MR) is 167 cm³/mol. The van der Waals surface area contributed by atoms with Gasteiger partial charge in [0.1, 0.15) is 0 Å². The molecule has 4 aromatic carbocycles. The molecule has 0 aliphatic heterocycles. The van der Waals surface area contributed by atoms with E-state index in [-0.39, 0.29) is 0 Å². The van der Waals surface area contributed by atoms with Crippen LogP contribution >= 0.6 is 69.6 Å². The van der Waals surface area contributed by atoms with Crippen molar-refractivity contribution in [1.82, 2.24) is 9.55 Å². The first-order valence-corrected chi connectivity index (χ1v) is 14.2. The molecule has 0 fully saturated rings. The van der Waals surface area contributed by atoms with E-state index in [1.54, 1.807) is 24.5 Å². The van der Waals surface area contributed by atoms with E-state index < -0.39 is 5.92 Å². The van der Waals surface area contributed by atoms with Gasteiger partial charge in [-0.05, 0) is 54.4 Å². The number of hydrogen-bond acceptors (Lipinski definition) is 1. The van der Waals surface area contributed by atoms with Gasteiger partial charge >= 0.3 is 0 Å². The number of aryl methyl sites for hydroxylation is 1. The molecule has 2 heterocycles. The number of hydrogen-bond donors (Lipinski definition) is 0. The van der Waals surface area contributed by atoms with Crippen molar-refractivity contribution in [3.63, 3.8) is 0 Å². The number of halogens is 6. The largest absolute Gasteiger partial charge is 0.309 e. The molecule has 0 spiro atoms. The van der Waals surface area contributed by atoms with Crippen molar-refractivity contribution in [3.8, 4) is 5.69 Å². The Balaban J connectivity index is 1.65. The van der Waals surface area contributed by atoms with Gasteiger partial charge in [0.05, 0.1) is 16.1 Å². The van der Waals surface area contributed by atoms with Crippen LogP contribution in [-0.2, 0) is 0 Å². The maximum atomic E-state index is 7.12. The number of fused-ring (bicyclic) bond motifs is 3. The second-order valence-corrected chi connectivity index (χ2v) is 11.7. The van der Waals surface area contributed by atoms with Crippen LogP contribution in [-0.4, -0.2) is 9.55 Å². The summed E-state index contributed by atoms with van der Waals surface area (Å²) in [5, 5.41) is 4.79. The minimum Gasteiger partial charge on any atom is -0.309 e. The zero-order valence-electron chi connectivity index (χ0n) is 20.3. The van der Waals surface area contributed by atoms with Gasteiger partial charge in [0.2, 0.25) is 0 Å². The first-order valence-electron chi connectivity index (χ1n) is 12.0. The third-order valence-electron chi connectivity index (χ3n) is 6.95. The molecule has 0 aliphatic carbocycles. The van der Waals surface area contributed by atoms with Crippen molar-refractivity contribution >= 4 is 91.4 Å². The van der Waals surface area contributed by atoms with Gasteiger partial charge in [-0.1, -0.05) is 106 Å². The zero-order chi connectivity index (χ0) is 27.4. The third kappa shape index (κ3) is 4.58. The summed E-state index contributed by atoms with van der Waals surface area (Å²) in [5.74, 6) is -0.579. The van der Waals surface area contributed by atoms with Gasteiger partial charge in [0, 0.05) is 71.0 Å². The predicted octanol–water partition coefficient (Wildman–Crippen LogP) is 11.6. The molecule has 2 nitrogen and oxygen atoms in total. The van der Waals surface area contributed by atoms with Crippen LogP contribution in [0.4, 0.5) is 0 Å². The lowest BCUT2D eigenvalue weighted by molar-refractivity contribution is 0.953. The highest BCUT2D eigenvalue weighted by Gasteiger charge is 2.30. The van der Waals surface area contributed by atoms with E-state index in [1.807, 2.05) is 43.3 Å². The molecule has 6 rings (SSSR count). The fraction of sp³-hybridized carbons (Fsp3) is 0.0645. The lowest BCUT2D eigenvalue weighted by atomic mass is 9.83. The second kappa shape index (κ2) is 10.5. The van der Waals surface area contributed by atoms with Gasteiger partial charge in [0.25, 0.3) is 0 Å². The SMILES string of the molecule is Cc1cncc(Cl)c1C(c1c(Cl)cc(Cl)cc1Cl)c1c(Cl)cc(-n2c3ccccc3c3ccccc32)cc1Cl. The van der Waals surface area contributed by atoms with E-state index in [0.29, 0.717) is 41.3 Å². The van der Waals surface area contributed by atoms with E-state index in [2.05, 4.69) is 33.8 Å². The highest BCUT2D eigenvalue weighted by molar-refractivity contribution is 6.40. The number of para-hydroxylation sites is 2. The molecule has 194 valence electrons. The monoisotopic (exact) mass is 628 g/mol. The van der Waals surface area contributed by atoms with E-state index in [9.17, 15) is 0 Å². The first-order chi connectivity index (χ1) is 18.8. The summed E-state index contributed by atoms with van der Waals surface area (Å²) in [6.45, 7) is 1.92. The molecule has 0 N–H and O–H groups in total. The number of benzene rings is 4. The van der Waals surface area contributed by atoms with Gasteiger partial charge in [-0.25, -0.2) is 0 Å². The molecule has 0 radical (unpaired) electrons. The lowest BCUT2D eigenvalue weighted by Gasteiger charge is -2.26. The zero-order valence-corrected chi connectivity index (χ0v) is 24.9. The van der Waals surface area contributed by atoms with Crippen LogP contribution in [0.1, 0.15) is 28.2 Å².